The normalized spacial score (nSPS) is 17.2. The van der Waals surface area contributed by atoms with Crippen molar-refractivity contribution in [1.82, 2.24) is 19.7 Å². The van der Waals surface area contributed by atoms with Gasteiger partial charge in [0.1, 0.15) is 5.92 Å². The number of fused-ring (bicyclic) bond motifs is 2. The number of anilines is 2. The standard InChI is InChI=1S/C17H17BrN6O2/c1-8(25)6-19-17-21-14(11-7-24(2)23-15(11)22-17)13-10-5-9(18)3-4-12(10)20-16(13)26/h3-5,7-8,13,25H,6H2,1-2H3,(H,20,26)(H,19,22,23)/t8-,13?/m0/s1. The molecule has 2 atom stereocenters. The summed E-state index contributed by atoms with van der Waals surface area (Å²) in [6, 6.07) is 5.67. The summed E-state index contributed by atoms with van der Waals surface area (Å²) >= 11 is 3.47. The molecule has 134 valence electrons. The van der Waals surface area contributed by atoms with Gasteiger partial charge in [-0.3, -0.25) is 9.48 Å². The number of hydrogen-bond donors (Lipinski definition) is 3. The van der Waals surface area contributed by atoms with E-state index in [1.165, 1.54) is 0 Å². The maximum Gasteiger partial charge on any atom is 0.238 e. The Balaban J connectivity index is 1.88. The molecule has 0 bridgehead atoms. The highest BCUT2D eigenvalue weighted by Crippen LogP contribution is 2.40. The molecule has 26 heavy (non-hydrogen) atoms. The van der Waals surface area contributed by atoms with Gasteiger partial charge in [0.15, 0.2) is 5.65 Å². The van der Waals surface area contributed by atoms with Gasteiger partial charge in [0.2, 0.25) is 11.9 Å². The number of amides is 1. The second-order valence-corrected chi connectivity index (χ2v) is 7.27. The van der Waals surface area contributed by atoms with E-state index in [0.29, 0.717) is 23.8 Å². The third-order valence-corrected chi connectivity index (χ3v) is 4.69. The number of aromatic nitrogens is 4. The molecule has 8 nitrogen and oxygen atoms in total. The van der Waals surface area contributed by atoms with E-state index in [1.807, 2.05) is 24.4 Å². The van der Waals surface area contributed by atoms with E-state index < -0.39 is 12.0 Å². The van der Waals surface area contributed by atoms with Crippen LogP contribution in [0.4, 0.5) is 11.6 Å². The van der Waals surface area contributed by atoms with Crippen molar-refractivity contribution in [2.45, 2.75) is 18.9 Å². The molecule has 4 rings (SSSR count). The van der Waals surface area contributed by atoms with Crippen molar-refractivity contribution in [3.05, 3.63) is 40.1 Å². The highest BCUT2D eigenvalue weighted by molar-refractivity contribution is 9.10. The Bertz CT molecular complexity index is 1020. The molecule has 0 aliphatic carbocycles. The van der Waals surface area contributed by atoms with E-state index >= 15 is 0 Å². The Kier molecular flexibility index (Phi) is 4.12. The van der Waals surface area contributed by atoms with Gasteiger partial charge in [-0.2, -0.15) is 10.1 Å². The van der Waals surface area contributed by atoms with E-state index in [-0.39, 0.29) is 5.91 Å². The van der Waals surface area contributed by atoms with Gasteiger partial charge in [-0.25, -0.2) is 4.98 Å². The molecule has 1 unspecified atom stereocenters. The lowest BCUT2D eigenvalue weighted by atomic mass is 9.95. The molecule has 0 saturated carbocycles. The van der Waals surface area contributed by atoms with Gasteiger partial charge in [0, 0.05) is 29.9 Å². The number of aliphatic hydroxyl groups is 1. The minimum absolute atomic E-state index is 0.136. The minimum atomic E-state index is -0.552. The van der Waals surface area contributed by atoms with E-state index in [4.69, 9.17) is 0 Å². The maximum absolute atomic E-state index is 12.7. The average Bonchev–Trinajstić information content (AvgIpc) is 3.10. The van der Waals surface area contributed by atoms with Crippen LogP contribution < -0.4 is 10.6 Å². The lowest BCUT2D eigenvalue weighted by molar-refractivity contribution is -0.116. The van der Waals surface area contributed by atoms with Gasteiger partial charge < -0.3 is 15.7 Å². The van der Waals surface area contributed by atoms with Crippen molar-refractivity contribution in [1.29, 1.82) is 0 Å². The van der Waals surface area contributed by atoms with Crippen molar-refractivity contribution in [3.63, 3.8) is 0 Å². The van der Waals surface area contributed by atoms with Gasteiger partial charge in [-0.1, -0.05) is 15.9 Å². The summed E-state index contributed by atoms with van der Waals surface area (Å²) in [6.45, 7) is 1.97. The van der Waals surface area contributed by atoms with Gasteiger partial charge in [-0.05, 0) is 30.7 Å². The van der Waals surface area contributed by atoms with Crippen molar-refractivity contribution >= 4 is 44.5 Å². The predicted octanol–water partition coefficient (Wildman–Crippen LogP) is 2.00. The first kappa shape index (κ1) is 16.9. The maximum atomic E-state index is 12.7. The van der Waals surface area contributed by atoms with Gasteiger partial charge in [0.25, 0.3) is 0 Å². The summed E-state index contributed by atoms with van der Waals surface area (Å²) in [6.07, 6.45) is 1.26. The topological polar surface area (TPSA) is 105 Å². The number of halogens is 1. The summed E-state index contributed by atoms with van der Waals surface area (Å²) in [5.41, 5.74) is 2.72. The Morgan fingerprint density at radius 3 is 3.00 bits per heavy atom. The number of carbonyl (C=O) groups is 1. The van der Waals surface area contributed by atoms with Crippen molar-refractivity contribution < 1.29 is 9.90 Å². The molecule has 0 saturated heterocycles. The lowest BCUT2D eigenvalue weighted by Crippen LogP contribution is -2.19. The number of nitrogens with zero attached hydrogens (tertiary/aromatic N) is 4. The van der Waals surface area contributed by atoms with Crippen LogP contribution in [-0.4, -0.2) is 43.4 Å². The highest BCUT2D eigenvalue weighted by Gasteiger charge is 2.35. The summed E-state index contributed by atoms with van der Waals surface area (Å²) in [4.78, 5) is 21.7. The fourth-order valence-electron chi connectivity index (χ4n) is 3.08. The molecule has 2 aromatic heterocycles. The number of carbonyl (C=O) groups excluding carboxylic acids is 1. The Morgan fingerprint density at radius 2 is 2.23 bits per heavy atom. The van der Waals surface area contributed by atoms with Crippen LogP contribution in [-0.2, 0) is 11.8 Å². The largest absolute Gasteiger partial charge is 0.392 e. The Labute approximate surface area is 157 Å². The van der Waals surface area contributed by atoms with Crippen LogP contribution in [0.1, 0.15) is 24.1 Å². The Morgan fingerprint density at radius 1 is 1.42 bits per heavy atom. The number of aryl methyl sites for hydroxylation is 1. The third-order valence-electron chi connectivity index (χ3n) is 4.20. The molecule has 0 fully saturated rings. The molecular weight excluding hydrogens is 400 g/mol. The Hall–Kier alpha value is -2.52. The third kappa shape index (κ3) is 2.93. The first-order valence-corrected chi connectivity index (χ1v) is 8.95. The zero-order valence-corrected chi connectivity index (χ0v) is 15.8. The molecule has 1 aliphatic rings. The molecule has 1 aliphatic heterocycles. The van der Waals surface area contributed by atoms with Crippen LogP contribution in [0.25, 0.3) is 11.0 Å². The van der Waals surface area contributed by atoms with Crippen molar-refractivity contribution in [2.75, 3.05) is 17.2 Å². The quantitative estimate of drug-likeness (QED) is 0.600. The van der Waals surface area contributed by atoms with E-state index in [0.717, 1.165) is 21.1 Å². The summed E-state index contributed by atoms with van der Waals surface area (Å²) in [5, 5.41) is 20.5. The molecule has 0 radical (unpaired) electrons. The van der Waals surface area contributed by atoms with Crippen molar-refractivity contribution in [2.24, 2.45) is 7.05 Å². The molecule has 3 N–H and O–H groups in total. The monoisotopic (exact) mass is 416 g/mol. The number of benzene rings is 1. The first-order chi connectivity index (χ1) is 12.4. The summed E-state index contributed by atoms with van der Waals surface area (Å²) in [7, 11) is 1.80. The zero-order valence-electron chi connectivity index (χ0n) is 14.2. The molecule has 9 heteroatoms. The van der Waals surface area contributed by atoms with Crippen LogP contribution in [0.2, 0.25) is 0 Å². The minimum Gasteiger partial charge on any atom is -0.392 e. The van der Waals surface area contributed by atoms with E-state index in [1.54, 1.807) is 18.7 Å². The second kappa shape index (κ2) is 6.33. The molecule has 0 spiro atoms. The second-order valence-electron chi connectivity index (χ2n) is 6.36. The molecule has 1 aromatic carbocycles. The van der Waals surface area contributed by atoms with Crippen LogP contribution in [0, 0.1) is 0 Å². The van der Waals surface area contributed by atoms with E-state index in [9.17, 15) is 9.90 Å². The molecule has 3 heterocycles. The van der Waals surface area contributed by atoms with Crippen LogP contribution in [0.5, 0.6) is 0 Å². The SMILES string of the molecule is C[C@H](O)CNc1nc(C2C(=O)Nc3ccc(Br)cc32)c2cn(C)nc2n1. The van der Waals surface area contributed by atoms with Crippen LogP contribution in [0.3, 0.4) is 0 Å². The zero-order chi connectivity index (χ0) is 18.4. The van der Waals surface area contributed by atoms with Gasteiger partial charge in [0.05, 0.1) is 17.2 Å². The predicted molar refractivity (Wildman–Crippen MR) is 101 cm³/mol. The average molecular weight is 417 g/mol. The van der Waals surface area contributed by atoms with Crippen LogP contribution in [0.15, 0.2) is 28.9 Å². The van der Waals surface area contributed by atoms with Gasteiger partial charge >= 0.3 is 0 Å². The lowest BCUT2D eigenvalue weighted by Gasteiger charge is -2.12. The van der Waals surface area contributed by atoms with E-state index in [2.05, 4.69) is 41.6 Å². The highest BCUT2D eigenvalue weighted by atomic mass is 79.9. The molecule has 3 aromatic rings. The first-order valence-electron chi connectivity index (χ1n) is 8.16. The summed E-state index contributed by atoms with van der Waals surface area (Å²) < 4.78 is 2.54. The fraction of sp³-hybridized carbons (Fsp3) is 0.294. The van der Waals surface area contributed by atoms with Crippen molar-refractivity contribution in [3.8, 4) is 0 Å². The molecule has 1 amide bonds. The number of aliphatic hydroxyl groups excluding tert-OH is 1. The van der Waals surface area contributed by atoms with Gasteiger partial charge in [-0.15, -0.1) is 0 Å². The number of hydrogen-bond acceptors (Lipinski definition) is 6. The number of rotatable bonds is 4. The smallest absolute Gasteiger partial charge is 0.238 e. The molecular formula is C17H17BrN6O2. The summed E-state index contributed by atoms with van der Waals surface area (Å²) in [5.74, 6) is -0.351. The number of nitrogens with one attached hydrogen (secondary N) is 2. The fourth-order valence-corrected chi connectivity index (χ4v) is 3.46. The van der Waals surface area contributed by atoms with Crippen LogP contribution >= 0.6 is 15.9 Å².